The molecule has 2 saturated heterocycles. The van der Waals surface area contributed by atoms with Crippen LogP contribution in [0.25, 0.3) is 0 Å². The molecule has 34 heavy (non-hydrogen) atoms. The molecule has 0 radical (unpaired) electrons. The highest BCUT2D eigenvalue weighted by atomic mass is 32.2. The predicted molar refractivity (Wildman–Crippen MR) is 133 cm³/mol. The largest absolute Gasteiger partial charge is 0.358 e. The standard InChI is InChI=1S/C24H37N5O4S/c1-18-8-4-6-13-27(18)15-12-25-23(30)17-29-22-16-19(34(32,33)26(2)3)10-11-20(22)28-14-7-5-9-21(28)24(29)31/h10-11,16,18,21H,4-9,12-15,17H2,1-3H3,(H,25,30)/t18-,21-/m0/s1. The molecule has 0 spiro atoms. The molecule has 3 aliphatic rings. The van der Waals surface area contributed by atoms with Crippen molar-refractivity contribution in [3.63, 3.8) is 0 Å². The molecule has 3 heterocycles. The quantitative estimate of drug-likeness (QED) is 0.623. The number of anilines is 2. The third-order valence-electron chi connectivity index (χ3n) is 7.34. The Morgan fingerprint density at radius 3 is 2.56 bits per heavy atom. The van der Waals surface area contributed by atoms with Gasteiger partial charge in [0.2, 0.25) is 21.8 Å². The van der Waals surface area contributed by atoms with E-state index in [-0.39, 0.29) is 29.3 Å². The summed E-state index contributed by atoms with van der Waals surface area (Å²) in [5, 5.41) is 2.97. The van der Waals surface area contributed by atoms with E-state index in [4.69, 9.17) is 0 Å². The minimum atomic E-state index is -3.67. The molecular weight excluding hydrogens is 454 g/mol. The van der Waals surface area contributed by atoms with E-state index in [1.807, 2.05) is 0 Å². The molecule has 1 N–H and O–H groups in total. The highest BCUT2D eigenvalue weighted by Gasteiger charge is 2.40. The van der Waals surface area contributed by atoms with Gasteiger partial charge in [-0.3, -0.25) is 19.4 Å². The van der Waals surface area contributed by atoms with Gasteiger partial charge in [-0.05, 0) is 63.8 Å². The van der Waals surface area contributed by atoms with Crippen molar-refractivity contribution < 1.29 is 18.0 Å². The van der Waals surface area contributed by atoms with Crippen LogP contribution >= 0.6 is 0 Å². The van der Waals surface area contributed by atoms with Crippen LogP contribution in [0.15, 0.2) is 23.1 Å². The van der Waals surface area contributed by atoms with Crippen molar-refractivity contribution in [2.24, 2.45) is 0 Å². The fraction of sp³-hybridized carbons (Fsp3) is 0.667. The van der Waals surface area contributed by atoms with Crippen LogP contribution in [-0.4, -0.2) is 88.3 Å². The van der Waals surface area contributed by atoms with E-state index >= 15 is 0 Å². The third kappa shape index (κ3) is 4.94. The molecule has 0 aromatic heterocycles. The summed E-state index contributed by atoms with van der Waals surface area (Å²) >= 11 is 0. The number of carbonyl (C=O) groups is 2. The molecule has 1 aromatic rings. The summed E-state index contributed by atoms with van der Waals surface area (Å²) in [4.78, 5) is 32.4. The Morgan fingerprint density at radius 2 is 1.82 bits per heavy atom. The first-order valence-electron chi connectivity index (χ1n) is 12.4. The lowest BCUT2D eigenvalue weighted by molar-refractivity contribution is -0.125. The molecule has 10 heteroatoms. The monoisotopic (exact) mass is 491 g/mol. The van der Waals surface area contributed by atoms with Crippen molar-refractivity contribution in [1.82, 2.24) is 14.5 Å². The zero-order valence-corrected chi connectivity index (χ0v) is 21.3. The maximum absolute atomic E-state index is 13.5. The summed E-state index contributed by atoms with van der Waals surface area (Å²) < 4.78 is 26.7. The van der Waals surface area contributed by atoms with Crippen LogP contribution < -0.4 is 15.1 Å². The van der Waals surface area contributed by atoms with Crippen molar-refractivity contribution in [3.05, 3.63) is 18.2 Å². The van der Waals surface area contributed by atoms with Gasteiger partial charge in [0.15, 0.2) is 0 Å². The number of sulfonamides is 1. The molecule has 3 aliphatic heterocycles. The Morgan fingerprint density at radius 1 is 1.09 bits per heavy atom. The van der Waals surface area contributed by atoms with E-state index in [2.05, 4.69) is 22.0 Å². The fourth-order valence-electron chi connectivity index (χ4n) is 5.30. The SMILES string of the molecule is C[C@H]1CCCCN1CCNC(=O)CN1C(=O)[C@@H]2CCCCN2c2ccc(S(=O)(=O)N(C)C)cc21. The second kappa shape index (κ2) is 10.2. The summed E-state index contributed by atoms with van der Waals surface area (Å²) in [6, 6.07) is 5.12. The van der Waals surface area contributed by atoms with Gasteiger partial charge >= 0.3 is 0 Å². The summed E-state index contributed by atoms with van der Waals surface area (Å²) in [7, 11) is -0.708. The van der Waals surface area contributed by atoms with Gasteiger partial charge in [0.25, 0.3) is 0 Å². The Bertz CT molecular complexity index is 1030. The predicted octanol–water partition coefficient (Wildman–Crippen LogP) is 1.63. The van der Waals surface area contributed by atoms with Crippen LogP contribution in [0.4, 0.5) is 11.4 Å². The van der Waals surface area contributed by atoms with Gasteiger partial charge in [0.1, 0.15) is 12.6 Å². The van der Waals surface area contributed by atoms with E-state index in [1.165, 1.54) is 44.3 Å². The van der Waals surface area contributed by atoms with Gasteiger partial charge in [-0.15, -0.1) is 0 Å². The van der Waals surface area contributed by atoms with Gasteiger partial charge < -0.3 is 10.2 Å². The number of amides is 2. The first-order chi connectivity index (χ1) is 16.2. The normalized spacial score (nSPS) is 23.6. The van der Waals surface area contributed by atoms with Crippen LogP contribution in [0.2, 0.25) is 0 Å². The van der Waals surface area contributed by atoms with Crippen molar-refractivity contribution in [3.8, 4) is 0 Å². The Labute approximate surface area is 203 Å². The van der Waals surface area contributed by atoms with Crippen molar-refractivity contribution in [1.29, 1.82) is 0 Å². The number of carbonyl (C=O) groups excluding carboxylic acids is 2. The molecule has 188 valence electrons. The van der Waals surface area contributed by atoms with Crippen molar-refractivity contribution >= 4 is 33.2 Å². The van der Waals surface area contributed by atoms with Crippen molar-refractivity contribution in [2.45, 2.75) is 62.4 Å². The lowest BCUT2D eigenvalue weighted by Gasteiger charge is -2.45. The number of nitrogens with zero attached hydrogens (tertiary/aromatic N) is 4. The zero-order chi connectivity index (χ0) is 24.5. The number of fused-ring (bicyclic) bond motifs is 3. The Balaban J connectivity index is 1.53. The van der Waals surface area contributed by atoms with Crippen LogP contribution in [-0.2, 0) is 19.6 Å². The Kier molecular flexibility index (Phi) is 7.49. The molecule has 1 aromatic carbocycles. The molecule has 2 amide bonds. The van der Waals surface area contributed by atoms with Crippen LogP contribution in [0, 0.1) is 0 Å². The molecule has 0 unspecified atom stereocenters. The second-order valence-corrected chi connectivity index (χ2v) is 11.9. The third-order valence-corrected chi connectivity index (χ3v) is 9.15. The van der Waals surface area contributed by atoms with E-state index in [0.717, 1.165) is 48.9 Å². The summed E-state index contributed by atoms with van der Waals surface area (Å²) in [5.74, 6) is -0.361. The van der Waals surface area contributed by atoms with Gasteiger partial charge in [-0.1, -0.05) is 6.42 Å². The van der Waals surface area contributed by atoms with Crippen LogP contribution in [0.3, 0.4) is 0 Å². The number of nitrogens with one attached hydrogen (secondary N) is 1. The topological polar surface area (TPSA) is 93.3 Å². The minimum Gasteiger partial charge on any atom is -0.358 e. The summed E-state index contributed by atoms with van der Waals surface area (Å²) in [6.45, 7) is 5.23. The summed E-state index contributed by atoms with van der Waals surface area (Å²) in [5.41, 5.74) is 1.31. The van der Waals surface area contributed by atoms with E-state index in [9.17, 15) is 18.0 Å². The van der Waals surface area contributed by atoms with Crippen LogP contribution in [0.5, 0.6) is 0 Å². The number of piperidine rings is 2. The highest BCUT2D eigenvalue weighted by Crippen LogP contribution is 2.40. The molecule has 9 nitrogen and oxygen atoms in total. The number of likely N-dealkylation sites (tertiary alicyclic amines) is 1. The molecule has 2 atom stereocenters. The fourth-order valence-corrected chi connectivity index (χ4v) is 6.22. The van der Waals surface area contributed by atoms with Gasteiger partial charge in [0, 0.05) is 39.8 Å². The first-order valence-corrected chi connectivity index (χ1v) is 13.8. The molecule has 4 rings (SSSR count). The lowest BCUT2D eigenvalue weighted by Crippen LogP contribution is -2.57. The first kappa shape index (κ1) is 24.9. The smallest absolute Gasteiger partial charge is 0.250 e. The molecule has 2 fully saturated rings. The van der Waals surface area contributed by atoms with Gasteiger partial charge in [-0.2, -0.15) is 0 Å². The number of rotatable bonds is 7. The average molecular weight is 492 g/mol. The Hall–Kier alpha value is -2.17. The van der Waals surface area contributed by atoms with E-state index in [1.54, 1.807) is 12.1 Å². The lowest BCUT2D eigenvalue weighted by atomic mass is 9.96. The molecular formula is C24H37N5O4S. The number of hydrogen-bond acceptors (Lipinski definition) is 6. The molecule has 0 aliphatic carbocycles. The van der Waals surface area contributed by atoms with Crippen LogP contribution in [0.1, 0.15) is 45.4 Å². The van der Waals surface area contributed by atoms with E-state index in [0.29, 0.717) is 18.3 Å². The highest BCUT2D eigenvalue weighted by molar-refractivity contribution is 7.89. The molecule has 0 bridgehead atoms. The minimum absolute atomic E-state index is 0.114. The average Bonchev–Trinajstić information content (AvgIpc) is 2.82. The zero-order valence-electron chi connectivity index (χ0n) is 20.5. The van der Waals surface area contributed by atoms with Crippen molar-refractivity contribution in [2.75, 3.05) is 56.6 Å². The number of hydrogen-bond donors (Lipinski definition) is 1. The molecule has 0 saturated carbocycles. The van der Waals surface area contributed by atoms with Gasteiger partial charge in [-0.25, -0.2) is 12.7 Å². The van der Waals surface area contributed by atoms with Gasteiger partial charge in [0.05, 0.1) is 16.3 Å². The summed E-state index contributed by atoms with van der Waals surface area (Å²) in [6.07, 6.45) is 6.31. The maximum Gasteiger partial charge on any atom is 0.250 e. The number of benzene rings is 1. The maximum atomic E-state index is 13.5. The second-order valence-electron chi connectivity index (χ2n) is 9.80. The van der Waals surface area contributed by atoms with E-state index < -0.39 is 10.0 Å².